The van der Waals surface area contributed by atoms with E-state index in [-0.39, 0.29) is 49.2 Å². The maximum Gasteiger partial charge on any atom is 0.270 e. The molecule has 2 amide bonds. The molecular formula is C18H21Cl3N4O2. The van der Waals surface area contributed by atoms with Crippen LogP contribution in [0, 0.1) is 0 Å². The molecule has 3 rings (SSSR count). The number of hydrogen-bond acceptors (Lipinski definition) is 4. The Bertz CT molecular complexity index is 761. The lowest BCUT2D eigenvalue weighted by Crippen LogP contribution is -2.51. The molecule has 0 bridgehead atoms. The molecule has 6 nitrogen and oxygen atoms in total. The van der Waals surface area contributed by atoms with E-state index in [4.69, 9.17) is 11.6 Å². The zero-order valence-corrected chi connectivity index (χ0v) is 16.8. The summed E-state index contributed by atoms with van der Waals surface area (Å²) in [6, 6.07) is 12.5. The number of nitrogens with one attached hydrogen (secondary N) is 2. The SMILES string of the molecule is Cl.Cl.O=C(NCC(=O)N1CCNCC1c1cccc(Cl)c1)c1ccccn1. The lowest BCUT2D eigenvalue weighted by molar-refractivity contribution is -0.133. The van der Waals surface area contributed by atoms with Crippen molar-refractivity contribution in [2.75, 3.05) is 26.2 Å². The molecule has 2 heterocycles. The fraction of sp³-hybridized carbons (Fsp3) is 0.278. The van der Waals surface area contributed by atoms with Crippen molar-refractivity contribution in [1.82, 2.24) is 20.5 Å². The van der Waals surface area contributed by atoms with Crippen molar-refractivity contribution in [3.8, 4) is 0 Å². The lowest BCUT2D eigenvalue weighted by Gasteiger charge is -2.36. The number of aromatic nitrogens is 1. The van der Waals surface area contributed by atoms with Gasteiger partial charge in [0.05, 0.1) is 12.6 Å². The minimum Gasteiger partial charge on any atom is -0.342 e. The Balaban J connectivity index is 0.00000182. The average Bonchev–Trinajstić information content (AvgIpc) is 2.66. The van der Waals surface area contributed by atoms with Crippen LogP contribution in [0.1, 0.15) is 22.1 Å². The van der Waals surface area contributed by atoms with Crippen LogP contribution >= 0.6 is 36.4 Å². The normalized spacial score (nSPS) is 15.9. The van der Waals surface area contributed by atoms with Crippen LogP contribution in [0.4, 0.5) is 0 Å². The van der Waals surface area contributed by atoms with E-state index in [0.29, 0.717) is 23.8 Å². The van der Waals surface area contributed by atoms with E-state index in [1.807, 2.05) is 18.2 Å². The molecule has 1 aromatic carbocycles. The van der Waals surface area contributed by atoms with E-state index in [0.717, 1.165) is 12.1 Å². The fourth-order valence-electron chi connectivity index (χ4n) is 2.86. The standard InChI is InChI=1S/C18H19ClN4O2.2ClH/c19-14-5-3-4-13(10-14)16-11-20-8-9-23(16)17(24)12-22-18(25)15-6-1-2-7-21-15;;/h1-7,10,16,20H,8-9,11-12H2,(H,22,25);2*1H. The van der Waals surface area contributed by atoms with Gasteiger partial charge in [-0.2, -0.15) is 0 Å². The van der Waals surface area contributed by atoms with Crippen LogP contribution in [0.25, 0.3) is 0 Å². The second-order valence-corrected chi connectivity index (χ2v) is 6.20. The largest absolute Gasteiger partial charge is 0.342 e. The Morgan fingerprint density at radius 3 is 2.74 bits per heavy atom. The summed E-state index contributed by atoms with van der Waals surface area (Å²) in [5, 5.41) is 6.57. The summed E-state index contributed by atoms with van der Waals surface area (Å²) in [4.78, 5) is 30.4. The molecule has 1 aromatic heterocycles. The molecule has 9 heteroatoms. The van der Waals surface area contributed by atoms with Crippen molar-refractivity contribution in [2.45, 2.75) is 6.04 Å². The summed E-state index contributed by atoms with van der Waals surface area (Å²) in [6.07, 6.45) is 1.54. The minimum atomic E-state index is -0.358. The van der Waals surface area contributed by atoms with E-state index in [2.05, 4.69) is 15.6 Å². The molecule has 1 aliphatic heterocycles. The topological polar surface area (TPSA) is 74.3 Å². The third kappa shape index (κ3) is 6.07. The Kier molecular flexibility index (Phi) is 9.52. The van der Waals surface area contributed by atoms with E-state index in [1.54, 1.807) is 35.4 Å². The Labute approximate surface area is 175 Å². The quantitative estimate of drug-likeness (QED) is 0.780. The monoisotopic (exact) mass is 430 g/mol. The van der Waals surface area contributed by atoms with Crippen LogP contribution in [0.5, 0.6) is 0 Å². The van der Waals surface area contributed by atoms with Crippen molar-refractivity contribution < 1.29 is 9.59 Å². The first-order valence-corrected chi connectivity index (χ1v) is 8.48. The molecule has 0 saturated carbocycles. The van der Waals surface area contributed by atoms with Gasteiger partial charge in [0.1, 0.15) is 5.69 Å². The molecule has 1 atom stereocenters. The summed E-state index contributed by atoms with van der Waals surface area (Å²) in [5.41, 5.74) is 1.27. The third-order valence-electron chi connectivity index (χ3n) is 4.09. The van der Waals surface area contributed by atoms with Crippen molar-refractivity contribution in [2.24, 2.45) is 0 Å². The number of benzene rings is 1. The zero-order valence-electron chi connectivity index (χ0n) is 14.4. The third-order valence-corrected chi connectivity index (χ3v) is 4.33. The van der Waals surface area contributed by atoms with Crippen molar-refractivity contribution >= 4 is 48.2 Å². The van der Waals surface area contributed by atoms with Gasteiger partial charge in [-0.15, -0.1) is 24.8 Å². The van der Waals surface area contributed by atoms with E-state index >= 15 is 0 Å². The van der Waals surface area contributed by atoms with Crippen molar-refractivity contribution in [3.63, 3.8) is 0 Å². The number of nitrogens with zero attached hydrogens (tertiary/aromatic N) is 2. The smallest absolute Gasteiger partial charge is 0.270 e. The van der Waals surface area contributed by atoms with Gasteiger partial charge in [-0.3, -0.25) is 14.6 Å². The predicted octanol–water partition coefficient (Wildman–Crippen LogP) is 2.48. The molecule has 0 aliphatic carbocycles. The summed E-state index contributed by atoms with van der Waals surface area (Å²) in [5.74, 6) is -0.487. The molecule has 0 spiro atoms. The first-order valence-electron chi connectivity index (χ1n) is 8.10. The van der Waals surface area contributed by atoms with Gasteiger partial charge in [-0.05, 0) is 29.8 Å². The number of piperazine rings is 1. The molecular weight excluding hydrogens is 411 g/mol. The van der Waals surface area contributed by atoms with Crippen LogP contribution in [-0.2, 0) is 4.79 Å². The Morgan fingerprint density at radius 2 is 2.04 bits per heavy atom. The molecule has 1 aliphatic rings. The molecule has 2 aromatic rings. The van der Waals surface area contributed by atoms with Crippen LogP contribution in [0.15, 0.2) is 48.7 Å². The molecule has 27 heavy (non-hydrogen) atoms. The van der Waals surface area contributed by atoms with E-state index in [9.17, 15) is 9.59 Å². The van der Waals surface area contributed by atoms with Gasteiger partial charge in [-0.25, -0.2) is 0 Å². The van der Waals surface area contributed by atoms with Crippen molar-refractivity contribution in [3.05, 3.63) is 64.9 Å². The second kappa shape index (κ2) is 11.1. The molecule has 1 saturated heterocycles. The first-order chi connectivity index (χ1) is 12.1. The lowest BCUT2D eigenvalue weighted by atomic mass is 10.0. The highest BCUT2D eigenvalue weighted by Gasteiger charge is 2.28. The summed E-state index contributed by atoms with van der Waals surface area (Å²) in [7, 11) is 0. The Hall–Kier alpha value is -1.86. The van der Waals surface area contributed by atoms with Gasteiger partial charge in [0.25, 0.3) is 5.91 Å². The van der Waals surface area contributed by atoms with E-state index in [1.165, 1.54) is 0 Å². The molecule has 0 radical (unpaired) electrons. The number of amides is 2. The number of carbonyl (C=O) groups is 2. The highest BCUT2D eigenvalue weighted by Crippen LogP contribution is 2.24. The number of rotatable bonds is 4. The van der Waals surface area contributed by atoms with Gasteiger partial charge >= 0.3 is 0 Å². The first kappa shape index (κ1) is 23.2. The summed E-state index contributed by atoms with van der Waals surface area (Å²) >= 11 is 6.07. The molecule has 1 fully saturated rings. The van der Waals surface area contributed by atoms with Crippen LogP contribution in [0.2, 0.25) is 5.02 Å². The average molecular weight is 432 g/mol. The number of carbonyl (C=O) groups excluding carboxylic acids is 2. The van der Waals surface area contributed by atoms with Gasteiger partial charge in [0.2, 0.25) is 5.91 Å². The molecule has 1 unspecified atom stereocenters. The highest BCUT2D eigenvalue weighted by molar-refractivity contribution is 6.30. The number of hydrogen-bond donors (Lipinski definition) is 2. The van der Waals surface area contributed by atoms with Gasteiger partial charge in [0.15, 0.2) is 0 Å². The minimum absolute atomic E-state index is 0. The Morgan fingerprint density at radius 1 is 1.22 bits per heavy atom. The summed E-state index contributed by atoms with van der Waals surface area (Å²) < 4.78 is 0. The zero-order chi connectivity index (χ0) is 17.6. The van der Waals surface area contributed by atoms with E-state index < -0.39 is 0 Å². The van der Waals surface area contributed by atoms with Crippen LogP contribution in [-0.4, -0.2) is 47.9 Å². The molecule has 2 N–H and O–H groups in total. The number of pyridine rings is 1. The van der Waals surface area contributed by atoms with Gasteiger partial charge in [0, 0.05) is 30.9 Å². The molecule has 146 valence electrons. The summed E-state index contributed by atoms with van der Waals surface area (Å²) in [6.45, 7) is 1.89. The fourth-order valence-corrected chi connectivity index (χ4v) is 3.06. The number of halogens is 3. The maximum atomic E-state index is 12.6. The predicted molar refractivity (Wildman–Crippen MR) is 110 cm³/mol. The van der Waals surface area contributed by atoms with Crippen molar-refractivity contribution in [1.29, 1.82) is 0 Å². The second-order valence-electron chi connectivity index (χ2n) is 5.76. The van der Waals surface area contributed by atoms with Gasteiger partial charge < -0.3 is 15.5 Å². The van der Waals surface area contributed by atoms with Gasteiger partial charge in [-0.1, -0.05) is 29.8 Å². The highest BCUT2D eigenvalue weighted by atomic mass is 35.5. The maximum absolute atomic E-state index is 12.6. The van der Waals surface area contributed by atoms with Crippen LogP contribution < -0.4 is 10.6 Å². The van der Waals surface area contributed by atoms with Crippen LogP contribution in [0.3, 0.4) is 0 Å².